The number of hydrogen-bond acceptors (Lipinski definition) is 2. The Morgan fingerprint density at radius 2 is 1.30 bits per heavy atom. The van der Waals surface area contributed by atoms with Gasteiger partial charge in [0.2, 0.25) is 0 Å². The van der Waals surface area contributed by atoms with E-state index < -0.39 is 0 Å². The molecule has 3 aromatic rings. The van der Waals surface area contributed by atoms with Crippen LogP contribution in [0.4, 0.5) is 0 Å². The molecule has 0 spiro atoms. The fourth-order valence-electron chi connectivity index (χ4n) is 2.28. The minimum absolute atomic E-state index is 0.567. The molecule has 0 N–H and O–H groups in total. The van der Waals surface area contributed by atoms with Gasteiger partial charge in [0.1, 0.15) is 18.1 Å². The lowest BCUT2D eigenvalue weighted by Crippen LogP contribution is -1.96. The Kier molecular flexibility index (Phi) is 3.55. The summed E-state index contributed by atoms with van der Waals surface area (Å²) < 4.78 is 11.3. The topological polar surface area (TPSA) is 18.5 Å². The molecule has 0 aliphatic rings. The molecule has 100 valence electrons. The van der Waals surface area contributed by atoms with Crippen LogP contribution in [0.2, 0.25) is 0 Å². The quantitative estimate of drug-likeness (QED) is 0.694. The average Bonchev–Trinajstić information content (AvgIpc) is 2.53. The fourth-order valence-corrected chi connectivity index (χ4v) is 2.28. The molecule has 0 radical (unpaired) electrons. The summed E-state index contributed by atoms with van der Waals surface area (Å²) in [5.74, 6) is 1.75. The zero-order valence-electron chi connectivity index (χ0n) is 11.4. The second-order valence-corrected chi connectivity index (χ2v) is 4.59. The number of hydrogen-bond donors (Lipinski definition) is 0. The van der Waals surface area contributed by atoms with Crippen LogP contribution in [0.1, 0.15) is 5.56 Å². The number of benzene rings is 3. The van der Waals surface area contributed by atoms with E-state index in [1.54, 1.807) is 7.11 Å². The van der Waals surface area contributed by atoms with E-state index in [0.29, 0.717) is 6.61 Å². The van der Waals surface area contributed by atoms with Crippen molar-refractivity contribution in [3.63, 3.8) is 0 Å². The lowest BCUT2D eigenvalue weighted by molar-refractivity contribution is 0.309. The average molecular weight is 264 g/mol. The molecule has 0 saturated heterocycles. The van der Waals surface area contributed by atoms with E-state index in [1.165, 1.54) is 0 Å². The smallest absolute Gasteiger partial charge is 0.127 e. The summed E-state index contributed by atoms with van der Waals surface area (Å²) in [5.41, 5.74) is 1.16. The minimum atomic E-state index is 0.567. The van der Waals surface area contributed by atoms with Crippen molar-refractivity contribution >= 4 is 10.8 Å². The molecule has 0 unspecified atom stereocenters. The van der Waals surface area contributed by atoms with Gasteiger partial charge in [0.25, 0.3) is 0 Å². The molecule has 0 saturated carbocycles. The highest BCUT2D eigenvalue weighted by Gasteiger charge is 2.06. The molecule has 0 atom stereocenters. The molecule has 3 aromatic carbocycles. The second kappa shape index (κ2) is 5.66. The maximum absolute atomic E-state index is 5.95. The predicted octanol–water partition coefficient (Wildman–Crippen LogP) is 4.43. The summed E-state index contributed by atoms with van der Waals surface area (Å²) in [4.78, 5) is 0. The lowest BCUT2D eigenvalue weighted by Gasteiger charge is -2.12. The third-order valence-electron chi connectivity index (χ3n) is 3.30. The van der Waals surface area contributed by atoms with Crippen LogP contribution in [-0.4, -0.2) is 7.11 Å². The third kappa shape index (κ3) is 2.45. The summed E-state index contributed by atoms with van der Waals surface area (Å²) in [6, 6.07) is 22.2. The van der Waals surface area contributed by atoms with E-state index in [1.807, 2.05) is 48.5 Å². The van der Waals surface area contributed by atoms with Crippen molar-refractivity contribution < 1.29 is 9.47 Å². The maximum Gasteiger partial charge on any atom is 0.127 e. The van der Waals surface area contributed by atoms with E-state index >= 15 is 0 Å². The Bertz CT molecular complexity index is 705. The van der Waals surface area contributed by atoms with Crippen LogP contribution in [0, 0.1) is 0 Å². The summed E-state index contributed by atoms with van der Waals surface area (Å²) >= 11 is 0. The van der Waals surface area contributed by atoms with E-state index in [2.05, 4.69) is 18.2 Å². The summed E-state index contributed by atoms with van der Waals surface area (Å²) in [5, 5.41) is 2.14. The molecule has 2 heteroatoms. The van der Waals surface area contributed by atoms with Crippen LogP contribution in [0.15, 0.2) is 66.7 Å². The highest BCUT2D eigenvalue weighted by atomic mass is 16.5. The van der Waals surface area contributed by atoms with Crippen molar-refractivity contribution in [3.8, 4) is 11.5 Å². The van der Waals surface area contributed by atoms with Gasteiger partial charge in [-0.05, 0) is 17.7 Å². The van der Waals surface area contributed by atoms with Crippen molar-refractivity contribution in [3.05, 3.63) is 72.3 Å². The number of methoxy groups -OCH3 is 1. The zero-order chi connectivity index (χ0) is 13.8. The third-order valence-corrected chi connectivity index (χ3v) is 3.30. The maximum atomic E-state index is 5.95. The van der Waals surface area contributed by atoms with E-state index in [-0.39, 0.29) is 0 Å². The van der Waals surface area contributed by atoms with E-state index in [0.717, 1.165) is 27.8 Å². The Hall–Kier alpha value is -2.48. The van der Waals surface area contributed by atoms with Gasteiger partial charge in [-0.15, -0.1) is 0 Å². The molecule has 0 fully saturated rings. The van der Waals surface area contributed by atoms with Crippen LogP contribution in [0.5, 0.6) is 11.5 Å². The summed E-state index contributed by atoms with van der Waals surface area (Å²) in [6.07, 6.45) is 0. The standard InChI is InChI=1S/C18H16O2/c1-19-17-11-12-18(16-10-6-5-9-15(16)17)20-13-14-7-3-2-4-8-14/h2-12H,13H2,1H3. The van der Waals surface area contributed by atoms with Gasteiger partial charge in [-0.3, -0.25) is 0 Å². The van der Waals surface area contributed by atoms with Gasteiger partial charge in [0.15, 0.2) is 0 Å². The van der Waals surface area contributed by atoms with E-state index in [4.69, 9.17) is 9.47 Å². The van der Waals surface area contributed by atoms with Crippen molar-refractivity contribution in [1.82, 2.24) is 0 Å². The first-order valence-electron chi connectivity index (χ1n) is 6.61. The zero-order valence-corrected chi connectivity index (χ0v) is 11.4. The van der Waals surface area contributed by atoms with Crippen molar-refractivity contribution in [2.75, 3.05) is 7.11 Å². The largest absolute Gasteiger partial charge is 0.496 e. The van der Waals surface area contributed by atoms with Gasteiger partial charge in [0.05, 0.1) is 7.11 Å². The molecule has 2 nitrogen and oxygen atoms in total. The van der Waals surface area contributed by atoms with Crippen LogP contribution < -0.4 is 9.47 Å². The summed E-state index contributed by atoms with van der Waals surface area (Å²) in [6.45, 7) is 0.567. The first-order chi connectivity index (χ1) is 9.88. The fraction of sp³-hybridized carbons (Fsp3) is 0.111. The SMILES string of the molecule is COc1ccc(OCc2ccccc2)c2ccccc12. The molecule has 0 bridgehead atoms. The first-order valence-corrected chi connectivity index (χ1v) is 6.61. The normalized spacial score (nSPS) is 10.4. The molecule has 0 aliphatic carbocycles. The lowest BCUT2D eigenvalue weighted by atomic mass is 10.1. The van der Waals surface area contributed by atoms with Crippen LogP contribution in [0.3, 0.4) is 0 Å². The molecule has 0 amide bonds. The number of rotatable bonds is 4. The Labute approximate surface area is 118 Å². The van der Waals surface area contributed by atoms with Crippen LogP contribution in [0.25, 0.3) is 10.8 Å². The Morgan fingerprint density at radius 3 is 2.00 bits per heavy atom. The van der Waals surface area contributed by atoms with Crippen LogP contribution in [-0.2, 0) is 6.61 Å². The molecule has 0 aliphatic heterocycles. The molecular formula is C18H16O2. The van der Waals surface area contributed by atoms with Crippen molar-refractivity contribution in [2.45, 2.75) is 6.61 Å². The number of ether oxygens (including phenoxy) is 2. The molecule has 20 heavy (non-hydrogen) atoms. The van der Waals surface area contributed by atoms with Crippen molar-refractivity contribution in [2.24, 2.45) is 0 Å². The van der Waals surface area contributed by atoms with Gasteiger partial charge in [0, 0.05) is 10.8 Å². The van der Waals surface area contributed by atoms with Crippen LogP contribution >= 0.6 is 0 Å². The highest BCUT2D eigenvalue weighted by molar-refractivity contribution is 5.93. The minimum Gasteiger partial charge on any atom is -0.496 e. The molecule has 3 rings (SSSR count). The van der Waals surface area contributed by atoms with Crippen molar-refractivity contribution in [1.29, 1.82) is 0 Å². The van der Waals surface area contributed by atoms with Gasteiger partial charge in [-0.25, -0.2) is 0 Å². The molecule has 0 aromatic heterocycles. The van der Waals surface area contributed by atoms with Gasteiger partial charge in [-0.1, -0.05) is 54.6 Å². The molecule has 0 heterocycles. The molecular weight excluding hydrogens is 248 g/mol. The highest BCUT2D eigenvalue weighted by Crippen LogP contribution is 2.33. The Balaban J connectivity index is 1.92. The first kappa shape index (κ1) is 12.5. The predicted molar refractivity (Wildman–Crippen MR) is 81.3 cm³/mol. The van der Waals surface area contributed by atoms with Gasteiger partial charge < -0.3 is 9.47 Å². The Morgan fingerprint density at radius 1 is 0.700 bits per heavy atom. The van der Waals surface area contributed by atoms with Gasteiger partial charge >= 0.3 is 0 Å². The summed E-state index contributed by atoms with van der Waals surface area (Å²) in [7, 11) is 1.69. The van der Waals surface area contributed by atoms with Gasteiger partial charge in [-0.2, -0.15) is 0 Å². The second-order valence-electron chi connectivity index (χ2n) is 4.59. The number of fused-ring (bicyclic) bond motifs is 1. The monoisotopic (exact) mass is 264 g/mol. The van der Waals surface area contributed by atoms with E-state index in [9.17, 15) is 0 Å².